The molecule has 2 atom stereocenters. The highest BCUT2D eigenvalue weighted by atomic mass is 127. The zero-order valence-corrected chi connectivity index (χ0v) is 19.1. The van der Waals surface area contributed by atoms with Gasteiger partial charge in [0.2, 0.25) is 0 Å². The molecular formula is C18H35IN6O2. The summed E-state index contributed by atoms with van der Waals surface area (Å²) in [6.07, 6.45) is 4.93. The van der Waals surface area contributed by atoms with Gasteiger partial charge in [-0.1, -0.05) is 13.3 Å². The molecule has 9 heteroatoms. The Morgan fingerprint density at radius 2 is 2.22 bits per heavy atom. The number of aliphatic hydroxyl groups excluding tert-OH is 1. The Hall–Kier alpha value is -0.940. The predicted octanol–water partition coefficient (Wildman–Crippen LogP) is 1.71. The van der Waals surface area contributed by atoms with Crippen molar-refractivity contribution in [2.24, 2.45) is 10.9 Å². The van der Waals surface area contributed by atoms with E-state index in [-0.39, 0.29) is 36.6 Å². The number of guanidine groups is 1. The highest BCUT2D eigenvalue weighted by Crippen LogP contribution is 2.14. The molecular weight excluding hydrogens is 459 g/mol. The van der Waals surface area contributed by atoms with Crippen LogP contribution in [0.2, 0.25) is 0 Å². The van der Waals surface area contributed by atoms with Crippen molar-refractivity contribution in [2.75, 3.05) is 26.8 Å². The van der Waals surface area contributed by atoms with Crippen LogP contribution in [0.5, 0.6) is 0 Å². The van der Waals surface area contributed by atoms with E-state index in [4.69, 9.17) is 9.73 Å². The summed E-state index contributed by atoms with van der Waals surface area (Å²) in [5.74, 6) is 3.06. The average molecular weight is 494 g/mol. The Balaban J connectivity index is 0.00000364. The molecule has 2 unspecified atom stereocenters. The van der Waals surface area contributed by atoms with Crippen LogP contribution in [0.25, 0.3) is 0 Å². The molecule has 1 aromatic heterocycles. The minimum absolute atomic E-state index is 0. The number of halogens is 1. The van der Waals surface area contributed by atoms with E-state index in [9.17, 15) is 5.11 Å². The average Bonchev–Trinajstić information content (AvgIpc) is 3.02. The van der Waals surface area contributed by atoms with Crippen LogP contribution < -0.4 is 10.6 Å². The molecule has 2 rings (SSSR count). The number of nitrogens with one attached hydrogen (secondary N) is 2. The van der Waals surface area contributed by atoms with Crippen molar-refractivity contribution in [1.82, 2.24) is 25.4 Å². The van der Waals surface area contributed by atoms with Crippen molar-refractivity contribution >= 4 is 29.9 Å². The quantitative estimate of drug-likeness (QED) is 0.261. The van der Waals surface area contributed by atoms with Crippen molar-refractivity contribution in [3.05, 3.63) is 11.6 Å². The summed E-state index contributed by atoms with van der Waals surface area (Å²) in [4.78, 5) is 9.27. The van der Waals surface area contributed by atoms with Crippen molar-refractivity contribution in [1.29, 1.82) is 0 Å². The van der Waals surface area contributed by atoms with Crippen LogP contribution >= 0.6 is 24.0 Å². The van der Waals surface area contributed by atoms with Crippen LogP contribution in [0.3, 0.4) is 0 Å². The van der Waals surface area contributed by atoms with Crippen molar-refractivity contribution in [2.45, 2.75) is 65.1 Å². The van der Waals surface area contributed by atoms with Gasteiger partial charge in [-0.25, -0.2) is 9.67 Å². The number of ether oxygens (including phenoxy) is 1. The van der Waals surface area contributed by atoms with E-state index in [1.807, 2.05) is 4.68 Å². The second-order valence-corrected chi connectivity index (χ2v) is 6.83. The first-order chi connectivity index (χ1) is 12.7. The lowest BCUT2D eigenvalue weighted by Gasteiger charge is -2.25. The summed E-state index contributed by atoms with van der Waals surface area (Å²) in [6, 6.07) is 0.278. The van der Waals surface area contributed by atoms with Gasteiger partial charge >= 0.3 is 0 Å². The van der Waals surface area contributed by atoms with E-state index in [0.717, 1.165) is 69.3 Å². The summed E-state index contributed by atoms with van der Waals surface area (Å²) in [5.41, 5.74) is 0. The Bertz CT molecular complexity index is 560. The summed E-state index contributed by atoms with van der Waals surface area (Å²) < 4.78 is 7.10. The Labute approximate surface area is 179 Å². The highest BCUT2D eigenvalue weighted by Gasteiger charge is 2.22. The van der Waals surface area contributed by atoms with Crippen molar-refractivity contribution in [3.8, 4) is 0 Å². The third kappa shape index (κ3) is 7.90. The van der Waals surface area contributed by atoms with Crippen LogP contribution in [0.4, 0.5) is 0 Å². The molecule has 0 bridgehead atoms. The minimum Gasteiger partial charge on any atom is -0.396 e. The molecule has 0 fully saturated rings. The topological polar surface area (TPSA) is 96.6 Å². The second-order valence-electron chi connectivity index (χ2n) is 6.83. The van der Waals surface area contributed by atoms with Gasteiger partial charge < -0.3 is 20.5 Å². The molecule has 0 spiro atoms. The monoisotopic (exact) mass is 494 g/mol. The number of aliphatic hydroxyl groups is 1. The van der Waals surface area contributed by atoms with E-state index < -0.39 is 0 Å². The number of rotatable bonds is 10. The highest BCUT2D eigenvalue weighted by molar-refractivity contribution is 14.0. The van der Waals surface area contributed by atoms with Crippen LogP contribution in [-0.2, 0) is 24.3 Å². The largest absolute Gasteiger partial charge is 0.396 e. The molecule has 3 N–H and O–H groups in total. The van der Waals surface area contributed by atoms with Crippen molar-refractivity contribution in [3.63, 3.8) is 0 Å². The number of hydrogen-bond acceptors (Lipinski definition) is 5. The zero-order valence-electron chi connectivity index (χ0n) is 16.8. The second kappa shape index (κ2) is 13.3. The zero-order chi connectivity index (χ0) is 18.8. The summed E-state index contributed by atoms with van der Waals surface area (Å²) in [6.45, 7) is 7.27. The smallest absolute Gasteiger partial charge is 0.191 e. The predicted molar refractivity (Wildman–Crippen MR) is 117 cm³/mol. The fraction of sp³-hybridized carbons (Fsp3) is 0.833. The number of aromatic nitrogens is 3. The first-order valence-electron chi connectivity index (χ1n) is 9.77. The minimum atomic E-state index is 0. The number of nitrogens with zero attached hydrogens (tertiary/aromatic N) is 4. The maximum absolute atomic E-state index is 9.22. The van der Waals surface area contributed by atoms with Gasteiger partial charge in [0.15, 0.2) is 11.8 Å². The fourth-order valence-corrected chi connectivity index (χ4v) is 3.32. The SMILES string of the molecule is CCCC(CCO)CN=C(NCC)NC1CCc2nc(COC)nn2C1.I. The molecule has 0 aliphatic carbocycles. The van der Waals surface area contributed by atoms with E-state index in [1.54, 1.807) is 7.11 Å². The van der Waals surface area contributed by atoms with Gasteiger partial charge in [0, 0.05) is 39.3 Å². The van der Waals surface area contributed by atoms with E-state index in [1.165, 1.54) is 0 Å². The van der Waals surface area contributed by atoms with Crippen LogP contribution in [0.1, 0.15) is 51.2 Å². The lowest BCUT2D eigenvalue weighted by atomic mass is 10.0. The van der Waals surface area contributed by atoms with Crippen LogP contribution in [-0.4, -0.2) is 58.7 Å². The molecule has 0 radical (unpaired) electrons. The molecule has 156 valence electrons. The molecule has 8 nitrogen and oxygen atoms in total. The van der Waals surface area contributed by atoms with Gasteiger partial charge in [-0.2, -0.15) is 5.10 Å². The van der Waals surface area contributed by atoms with Crippen molar-refractivity contribution < 1.29 is 9.84 Å². The Morgan fingerprint density at radius 3 is 2.89 bits per heavy atom. The first kappa shape index (κ1) is 24.1. The van der Waals surface area contributed by atoms with E-state index in [2.05, 4.69) is 34.6 Å². The molecule has 1 aromatic rings. The van der Waals surface area contributed by atoms with Crippen LogP contribution in [0.15, 0.2) is 4.99 Å². The van der Waals surface area contributed by atoms with Gasteiger partial charge in [-0.3, -0.25) is 4.99 Å². The number of hydrogen-bond donors (Lipinski definition) is 3. The number of methoxy groups -OCH3 is 1. The van der Waals surface area contributed by atoms with Gasteiger partial charge in [-0.05, 0) is 32.1 Å². The molecule has 27 heavy (non-hydrogen) atoms. The van der Waals surface area contributed by atoms with Crippen LogP contribution in [0, 0.1) is 5.92 Å². The molecule has 1 aliphatic heterocycles. The van der Waals surface area contributed by atoms with E-state index >= 15 is 0 Å². The Kier molecular flexibility index (Phi) is 11.8. The van der Waals surface area contributed by atoms with Gasteiger partial charge in [0.05, 0.1) is 6.54 Å². The number of fused-ring (bicyclic) bond motifs is 1. The lowest BCUT2D eigenvalue weighted by Crippen LogP contribution is -2.47. The van der Waals surface area contributed by atoms with E-state index in [0.29, 0.717) is 12.5 Å². The Morgan fingerprint density at radius 1 is 1.41 bits per heavy atom. The summed E-state index contributed by atoms with van der Waals surface area (Å²) in [7, 11) is 1.66. The third-order valence-electron chi connectivity index (χ3n) is 4.60. The lowest BCUT2D eigenvalue weighted by molar-refractivity contribution is 0.177. The maximum Gasteiger partial charge on any atom is 0.191 e. The van der Waals surface area contributed by atoms with Gasteiger partial charge in [0.1, 0.15) is 12.4 Å². The number of aryl methyl sites for hydroxylation is 1. The molecule has 1 aliphatic rings. The van der Waals surface area contributed by atoms with Gasteiger partial charge in [0.25, 0.3) is 0 Å². The maximum atomic E-state index is 9.22. The fourth-order valence-electron chi connectivity index (χ4n) is 3.32. The number of aliphatic imine (C=N–C) groups is 1. The van der Waals surface area contributed by atoms with Gasteiger partial charge in [-0.15, -0.1) is 24.0 Å². The summed E-state index contributed by atoms with van der Waals surface area (Å²) >= 11 is 0. The molecule has 0 saturated heterocycles. The normalized spacial score (nSPS) is 17.8. The molecule has 0 amide bonds. The third-order valence-corrected chi connectivity index (χ3v) is 4.60. The standard InChI is InChI=1S/C18H34N6O2.HI/c1-4-6-14(9-10-25)11-20-18(19-5-2)21-15-7-8-17-22-16(13-26-3)23-24(17)12-15;/h14-15,25H,4-13H2,1-3H3,(H2,19,20,21);1H. The molecule has 0 aromatic carbocycles. The first-order valence-corrected chi connectivity index (χ1v) is 9.77. The summed E-state index contributed by atoms with van der Waals surface area (Å²) in [5, 5.41) is 20.6. The molecule has 0 saturated carbocycles. The molecule has 2 heterocycles.